The van der Waals surface area contributed by atoms with Crippen LogP contribution in [0.15, 0.2) is 29.3 Å². The molecule has 0 aromatic heterocycles. The van der Waals surface area contributed by atoms with E-state index in [1.54, 1.807) is 13.1 Å². The summed E-state index contributed by atoms with van der Waals surface area (Å²) in [6.07, 6.45) is 0.0714. The molecule has 1 aromatic rings. The van der Waals surface area contributed by atoms with Gasteiger partial charge in [-0.05, 0) is 37.3 Å². The molecule has 3 rings (SSSR count). The normalized spacial score (nSPS) is 19.8. The van der Waals surface area contributed by atoms with Gasteiger partial charge < -0.3 is 15.5 Å². The van der Waals surface area contributed by atoms with E-state index in [2.05, 4.69) is 15.6 Å². The van der Waals surface area contributed by atoms with Crippen LogP contribution in [0, 0.1) is 5.92 Å². The van der Waals surface area contributed by atoms with Gasteiger partial charge in [-0.1, -0.05) is 38.5 Å². The van der Waals surface area contributed by atoms with Crippen LogP contribution in [-0.2, 0) is 16.4 Å². The third-order valence-corrected chi connectivity index (χ3v) is 6.57. The molecular weight excluding hydrogens is 405 g/mol. The number of likely N-dealkylation sites (tertiary alicyclic amines) is 1. The van der Waals surface area contributed by atoms with Crippen LogP contribution in [0.3, 0.4) is 0 Å². The summed E-state index contributed by atoms with van der Waals surface area (Å²) in [5.41, 5.74) is -0.162. The van der Waals surface area contributed by atoms with E-state index in [1.807, 2.05) is 18.7 Å². The van der Waals surface area contributed by atoms with Crippen molar-refractivity contribution in [2.75, 3.05) is 26.7 Å². The Morgan fingerprint density at radius 2 is 1.94 bits per heavy atom. The molecule has 1 heterocycles. The fourth-order valence-corrected chi connectivity index (χ4v) is 4.45. The number of hydrogen-bond donors (Lipinski definition) is 2. The summed E-state index contributed by atoms with van der Waals surface area (Å²) in [5, 5.41) is 6.77. The first-order valence-electron chi connectivity index (χ1n) is 11.1. The van der Waals surface area contributed by atoms with Crippen molar-refractivity contribution in [3.05, 3.63) is 35.4 Å². The van der Waals surface area contributed by atoms with E-state index in [1.165, 1.54) is 12.1 Å². The maximum atomic E-state index is 13.2. The Kier molecular flexibility index (Phi) is 7.17. The first-order valence-corrected chi connectivity index (χ1v) is 11.1. The van der Waals surface area contributed by atoms with Gasteiger partial charge >= 0.3 is 6.18 Å². The molecule has 1 saturated carbocycles. The Balaban J connectivity index is 1.57. The number of nitrogens with one attached hydrogen (secondary N) is 2. The molecule has 2 aliphatic rings. The Bertz CT molecular complexity index is 794. The number of piperidine rings is 1. The summed E-state index contributed by atoms with van der Waals surface area (Å²) >= 11 is 0. The average molecular weight is 439 g/mol. The zero-order valence-corrected chi connectivity index (χ0v) is 18.6. The summed E-state index contributed by atoms with van der Waals surface area (Å²) in [7, 11) is 1.70. The van der Waals surface area contributed by atoms with E-state index in [0.717, 1.165) is 56.8 Å². The highest BCUT2D eigenvalue weighted by molar-refractivity contribution is 5.80. The van der Waals surface area contributed by atoms with Crippen LogP contribution < -0.4 is 10.6 Å². The number of halogens is 3. The van der Waals surface area contributed by atoms with E-state index in [9.17, 15) is 18.0 Å². The summed E-state index contributed by atoms with van der Waals surface area (Å²) in [6, 6.07) is 5.93. The first kappa shape index (κ1) is 23.4. The second-order valence-corrected chi connectivity index (χ2v) is 9.04. The lowest BCUT2D eigenvalue weighted by Crippen LogP contribution is -2.53. The molecule has 1 saturated heterocycles. The van der Waals surface area contributed by atoms with Crippen LogP contribution in [-0.4, -0.2) is 49.5 Å². The van der Waals surface area contributed by atoms with Crippen LogP contribution in [0.5, 0.6) is 0 Å². The molecule has 0 unspecified atom stereocenters. The van der Waals surface area contributed by atoms with Crippen LogP contribution in [0.25, 0.3) is 0 Å². The zero-order valence-electron chi connectivity index (χ0n) is 18.6. The number of guanidine groups is 1. The molecule has 2 N–H and O–H groups in total. The minimum atomic E-state index is -4.34. The second-order valence-electron chi connectivity index (χ2n) is 9.04. The largest absolute Gasteiger partial charge is 0.416 e. The maximum Gasteiger partial charge on any atom is 0.416 e. The minimum Gasteiger partial charge on any atom is -0.356 e. The molecule has 8 heteroatoms. The molecule has 1 aliphatic heterocycles. The van der Waals surface area contributed by atoms with Gasteiger partial charge in [0.15, 0.2) is 5.96 Å². The molecule has 1 aliphatic carbocycles. The molecule has 2 fully saturated rings. The molecule has 0 radical (unpaired) electrons. The molecule has 0 atom stereocenters. The van der Waals surface area contributed by atoms with Crippen LogP contribution in [0.2, 0.25) is 0 Å². The SMILES string of the molecule is CN=C(NCC1(c2cccc(C(F)(F)F)c2)CCC1)NC1CCN(C(=O)C(C)C)CC1. The van der Waals surface area contributed by atoms with Crippen molar-refractivity contribution >= 4 is 11.9 Å². The lowest BCUT2D eigenvalue weighted by atomic mass is 9.64. The number of hydrogen-bond acceptors (Lipinski definition) is 2. The van der Waals surface area contributed by atoms with E-state index >= 15 is 0 Å². The number of amides is 1. The fraction of sp³-hybridized carbons (Fsp3) is 0.652. The number of aliphatic imine (C=N–C) groups is 1. The third kappa shape index (κ3) is 5.52. The summed E-state index contributed by atoms with van der Waals surface area (Å²) in [4.78, 5) is 18.4. The van der Waals surface area contributed by atoms with Gasteiger partial charge in [0.05, 0.1) is 5.56 Å². The molecule has 0 bridgehead atoms. The van der Waals surface area contributed by atoms with Crippen LogP contribution >= 0.6 is 0 Å². The topological polar surface area (TPSA) is 56.7 Å². The van der Waals surface area contributed by atoms with Crippen LogP contribution in [0.4, 0.5) is 13.2 Å². The molecular formula is C23H33F3N4O. The minimum absolute atomic E-state index is 0.00783. The van der Waals surface area contributed by atoms with Gasteiger partial charge in [-0.2, -0.15) is 13.2 Å². The molecule has 31 heavy (non-hydrogen) atoms. The average Bonchev–Trinajstić information content (AvgIpc) is 2.71. The predicted octanol–water partition coefficient (Wildman–Crippen LogP) is 3.94. The first-order chi connectivity index (χ1) is 14.6. The van der Waals surface area contributed by atoms with Crippen molar-refractivity contribution in [2.45, 2.75) is 63.6 Å². The van der Waals surface area contributed by atoms with E-state index < -0.39 is 11.7 Å². The number of nitrogens with zero attached hydrogens (tertiary/aromatic N) is 2. The summed E-state index contributed by atoms with van der Waals surface area (Å²) in [6.45, 7) is 5.82. The third-order valence-electron chi connectivity index (χ3n) is 6.57. The number of alkyl halides is 3. The Morgan fingerprint density at radius 1 is 1.26 bits per heavy atom. The molecule has 5 nitrogen and oxygen atoms in total. The number of carbonyl (C=O) groups is 1. The molecule has 1 aromatic carbocycles. The van der Waals surface area contributed by atoms with Crippen LogP contribution in [0.1, 0.15) is 57.1 Å². The van der Waals surface area contributed by atoms with E-state index in [-0.39, 0.29) is 23.3 Å². The summed E-state index contributed by atoms with van der Waals surface area (Å²) in [5.74, 6) is 0.856. The Hall–Kier alpha value is -2.25. The lowest BCUT2D eigenvalue weighted by molar-refractivity contribution is -0.138. The smallest absolute Gasteiger partial charge is 0.356 e. The highest BCUT2D eigenvalue weighted by atomic mass is 19.4. The van der Waals surface area contributed by atoms with E-state index in [0.29, 0.717) is 12.5 Å². The van der Waals surface area contributed by atoms with Gasteiger partial charge in [0.25, 0.3) is 0 Å². The van der Waals surface area contributed by atoms with Gasteiger partial charge in [-0.3, -0.25) is 9.79 Å². The quantitative estimate of drug-likeness (QED) is 0.541. The van der Waals surface area contributed by atoms with Crippen molar-refractivity contribution in [3.8, 4) is 0 Å². The van der Waals surface area contributed by atoms with Crippen molar-refractivity contribution in [1.82, 2.24) is 15.5 Å². The van der Waals surface area contributed by atoms with Crippen molar-refractivity contribution in [3.63, 3.8) is 0 Å². The number of carbonyl (C=O) groups excluding carboxylic acids is 1. The monoisotopic (exact) mass is 438 g/mol. The molecule has 172 valence electrons. The van der Waals surface area contributed by atoms with Crippen molar-refractivity contribution in [2.24, 2.45) is 10.9 Å². The van der Waals surface area contributed by atoms with Gasteiger partial charge in [0.1, 0.15) is 0 Å². The van der Waals surface area contributed by atoms with Gasteiger partial charge in [-0.15, -0.1) is 0 Å². The van der Waals surface area contributed by atoms with Crippen molar-refractivity contribution in [1.29, 1.82) is 0 Å². The zero-order chi connectivity index (χ0) is 22.6. The predicted molar refractivity (Wildman–Crippen MR) is 116 cm³/mol. The molecule has 0 spiro atoms. The van der Waals surface area contributed by atoms with Crippen molar-refractivity contribution < 1.29 is 18.0 Å². The highest BCUT2D eigenvalue weighted by Gasteiger charge is 2.40. The van der Waals surface area contributed by atoms with Gasteiger partial charge in [-0.25, -0.2) is 0 Å². The van der Waals surface area contributed by atoms with E-state index in [4.69, 9.17) is 0 Å². The second kappa shape index (κ2) is 9.49. The molecule has 1 amide bonds. The maximum absolute atomic E-state index is 13.2. The lowest BCUT2D eigenvalue weighted by Gasteiger charge is -2.43. The Labute approximate surface area is 182 Å². The fourth-order valence-electron chi connectivity index (χ4n) is 4.45. The number of benzene rings is 1. The highest BCUT2D eigenvalue weighted by Crippen LogP contribution is 2.44. The van der Waals surface area contributed by atoms with Gasteiger partial charge in [0, 0.05) is 44.1 Å². The van der Waals surface area contributed by atoms with Gasteiger partial charge in [0.2, 0.25) is 5.91 Å². The standard InChI is InChI=1S/C23H33F3N4O/c1-16(2)20(31)30-12-8-19(9-13-30)29-21(27-3)28-15-22(10-5-11-22)17-6-4-7-18(14-17)23(24,25)26/h4,6-7,14,16,19H,5,8-13,15H2,1-3H3,(H2,27,28,29). The number of rotatable bonds is 5. The Morgan fingerprint density at radius 3 is 2.45 bits per heavy atom. The summed E-state index contributed by atoms with van der Waals surface area (Å²) < 4.78 is 39.5.